The van der Waals surface area contributed by atoms with Crippen molar-refractivity contribution < 1.29 is 28.4 Å². The second kappa shape index (κ2) is 10.1. The van der Waals surface area contributed by atoms with Crippen LogP contribution in [0.1, 0.15) is 58.3 Å². The highest BCUT2D eigenvalue weighted by molar-refractivity contribution is 5.18. The van der Waals surface area contributed by atoms with Crippen LogP contribution < -0.4 is 0 Å². The summed E-state index contributed by atoms with van der Waals surface area (Å²) in [4.78, 5) is 0. The zero-order chi connectivity index (χ0) is 24.6. The summed E-state index contributed by atoms with van der Waals surface area (Å²) < 4.78 is 38.8. The minimum Gasteiger partial charge on any atom is -0.375 e. The first kappa shape index (κ1) is 25.1. The van der Waals surface area contributed by atoms with Gasteiger partial charge < -0.3 is 28.4 Å². The molecular weight excluding hydrogens is 444 g/mol. The van der Waals surface area contributed by atoms with Gasteiger partial charge >= 0.3 is 0 Å². The molecule has 1 aromatic carbocycles. The third-order valence-corrected chi connectivity index (χ3v) is 8.26. The van der Waals surface area contributed by atoms with Gasteiger partial charge in [0.1, 0.15) is 11.2 Å². The zero-order valence-electron chi connectivity index (χ0n) is 21.3. The van der Waals surface area contributed by atoms with E-state index >= 15 is 0 Å². The molecule has 0 aliphatic carbocycles. The van der Waals surface area contributed by atoms with Gasteiger partial charge in [0.05, 0.1) is 43.2 Å². The van der Waals surface area contributed by atoms with Crippen molar-refractivity contribution in [3.8, 4) is 0 Å². The highest BCUT2D eigenvalue weighted by atomic mass is 16.7. The summed E-state index contributed by atoms with van der Waals surface area (Å²) in [6.07, 6.45) is 6.48. The maximum absolute atomic E-state index is 6.89. The summed E-state index contributed by atoms with van der Waals surface area (Å²) in [6, 6.07) is 10.0. The quantitative estimate of drug-likeness (QED) is 0.522. The molecule has 0 spiro atoms. The van der Waals surface area contributed by atoms with Crippen LogP contribution in [0.5, 0.6) is 0 Å². The Bertz CT molecular complexity index is 890. The van der Waals surface area contributed by atoms with E-state index in [4.69, 9.17) is 28.4 Å². The minimum absolute atomic E-state index is 0.0635. The number of hydrogen-bond donors (Lipinski definition) is 0. The summed E-state index contributed by atoms with van der Waals surface area (Å²) in [5.41, 5.74) is -0.281. The average Bonchev–Trinajstić information content (AvgIpc) is 2.88. The third-order valence-electron chi connectivity index (χ3n) is 8.26. The maximum atomic E-state index is 6.89. The monoisotopic (exact) mass is 484 g/mol. The Morgan fingerprint density at radius 2 is 1.86 bits per heavy atom. The van der Waals surface area contributed by atoms with E-state index in [1.807, 2.05) is 49.4 Å². The van der Waals surface area contributed by atoms with Crippen LogP contribution in [0.4, 0.5) is 0 Å². The van der Waals surface area contributed by atoms with Crippen LogP contribution in [-0.2, 0) is 28.4 Å². The summed E-state index contributed by atoms with van der Waals surface area (Å²) in [7, 11) is 0. The number of hydrogen-bond acceptors (Lipinski definition) is 6. The molecule has 1 aromatic rings. The van der Waals surface area contributed by atoms with E-state index in [9.17, 15) is 0 Å². The van der Waals surface area contributed by atoms with Crippen LogP contribution in [0.25, 0.3) is 0 Å². The normalized spacial score (nSPS) is 44.5. The summed E-state index contributed by atoms with van der Waals surface area (Å²) in [5, 5.41) is 0. The molecule has 4 aliphatic rings. The molecule has 5 rings (SSSR count). The predicted octanol–water partition coefficient (Wildman–Crippen LogP) is 5.14. The van der Waals surface area contributed by atoms with Crippen molar-refractivity contribution in [2.75, 3.05) is 13.2 Å². The first-order chi connectivity index (χ1) is 16.8. The van der Waals surface area contributed by atoms with Crippen LogP contribution >= 0.6 is 0 Å². The van der Waals surface area contributed by atoms with Gasteiger partial charge in [-0.3, -0.25) is 0 Å². The van der Waals surface area contributed by atoms with Crippen molar-refractivity contribution in [1.82, 2.24) is 0 Å². The topological polar surface area (TPSA) is 55.4 Å². The molecule has 1 unspecified atom stereocenters. The fraction of sp³-hybridized carbons (Fsp3) is 0.655. The van der Waals surface area contributed by atoms with Crippen molar-refractivity contribution in [3.05, 3.63) is 61.2 Å². The molecule has 4 saturated heterocycles. The van der Waals surface area contributed by atoms with Gasteiger partial charge in [-0.05, 0) is 26.7 Å². The lowest BCUT2D eigenvalue weighted by Crippen LogP contribution is -2.66. The Kier molecular flexibility index (Phi) is 7.23. The van der Waals surface area contributed by atoms with Gasteiger partial charge in [0, 0.05) is 30.9 Å². The second-order valence-electron chi connectivity index (χ2n) is 10.9. The fourth-order valence-corrected chi connectivity index (χ4v) is 5.99. The van der Waals surface area contributed by atoms with Gasteiger partial charge in [0.15, 0.2) is 6.29 Å². The Balaban J connectivity index is 1.36. The van der Waals surface area contributed by atoms with E-state index < -0.39 is 17.5 Å². The van der Waals surface area contributed by atoms with Gasteiger partial charge in [-0.15, -0.1) is 13.2 Å². The largest absolute Gasteiger partial charge is 0.375 e. The molecule has 0 amide bonds. The average molecular weight is 485 g/mol. The summed E-state index contributed by atoms with van der Waals surface area (Å²) in [5.74, 6) is 0.162. The van der Waals surface area contributed by atoms with E-state index in [0.717, 1.165) is 31.4 Å². The van der Waals surface area contributed by atoms with Crippen molar-refractivity contribution in [2.24, 2.45) is 5.92 Å². The van der Waals surface area contributed by atoms with E-state index in [1.165, 1.54) is 0 Å². The Hall–Kier alpha value is -1.54. The molecule has 192 valence electrons. The summed E-state index contributed by atoms with van der Waals surface area (Å²) in [6.45, 7) is 15.6. The molecule has 4 heterocycles. The molecule has 0 aromatic heterocycles. The summed E-state index contributed by atoms with van der Waals surface area (Å²) >= 11 is 0. The van der Waals surface area contributed by atoms with E-state index in [-0.39, 0.29) is 42.5 Å². The molecule has 35 heavy (non-hydrogen) atoms. The zero-order valence-corrected chi connectivity index (χ0v) is 21.3. The molecule has 0 radical (unpaired) electrons. The Morgan fingerprint density at radius 1 is 1.06 bits per heavy atom. The van der Waals surface area contributed by atoms with Gasteiger partial charge in [0.25, 0.3) is 0 Å². The van der Waals surface area contributed by atoms with Gasteiger partial charge in [-0.2, -0.15) is 0 Å². The molecule has 0 saturated carbocycles. The number of benzene rings is 1. The highest BCUT2D eigenvalue weighted by Gasteiger charge is 2.56. The minimum atomic E-state index is -0.691. The van der Waals surface area contributed by atoms with Crippen LogP contribution in [0.3, 0.4) is 0 Å². The number of fused-ring (bicyclic) bond motifs is 2. The predicted molar refractivity (Wildman–Crippen MR) is 133 cm³/mol. The van der Waals surface area contributed by atoms with Crippen LogP contribution in [0, 0.1) is 5.92 Å². The third kappa shape index (κ3) is 4.89. The van der Waals surface area contributed by atoms with E-state index in [0.29, 0.717) is 13.0 Å². The highest BCUT2D eigenvalue weighted by Crippen LogP contribution is 2.46. The molecule has 6 heteroatoms. The molecule has 4 aliphatic heterocycles. The first-order valence-corrected chi connectivity index (χ1v) is 13.1. The van der Waals surface area contributed by atoms with Crippen molar-refractivity contribution in [2.45, 2.75) is 101 Å². The molecular formula is C29H40O6. The smallest absolute Gasteiger partial charge is 0.184 e. The lowest BCUT2D eigenvalue weighted by atomic mass is 9.81. The first-order valence-electron chi connectivity index (χ1n) is 13.1. The van der Waals surface area contributed by atoms with Crippen LogP contribution in [-0.4, -0.2) is 61.0 Å². The second-order valence-corrected chi connectivity index (χ2v) is 10.9. The standard InChI is InChI=1S/C29H40O6/c1-6-19(3)26-23(16-22-21(33-26)14-11-15-30-22)32-24-17-25-29(5,35-28(24,4)7-2)18-31-27(34-25)20-12-9-8-10-13-20/h6-10,12-13,19,21-27H,1-2,11,14-18H2,3-5H3/t19-,21-,22+,23-,24+,25?,26+,27+,28-,29+/m0/s1. The lowest BCUT2D eigenvalue weighted by Gasteiger charge is -2.56. The molecule has 10 atom stereocenters. The Labute approximate surface area is 209 Å². The van der Waals surface area contributed by atoms with Crippen LogP contribution in [0.15, 0.2) is 55.6 Å². The van der Waals surface area contributed by atoms with Gasteiger partial charge in [-0.1, -0.05) is 49.4 Å². The van der Waals surface area contributed by atoms with Crippen LogP contribution in [0.2, 0.25) is 0 Å². The molecule has 4 fully saturated rings. The lowest BCUT2D eigenvalue weighted by molar-refractivity contribution is -0.358. The van der Waals surface area contributed by atoms with Crippen molar-refractivity contribution in [1.29, 1.82) is 0 Å². The van der Waals surface area contributed by atoms with Crippen molar-refractivity contribution in [3.63, 3.8) is 0 Å². The molecule has 0 bridgehead atoms. The van der Waals surface area contributed by atoms with E-state index in [1.54, 1.807) is 0 Å². The van der Waals surface area contributed by atoms with Crippen molar-refractivity contribution >= 4 is 0 Å². The Morgan fingerprint density at radius 3 is 2.60 bits per heavy atom. The molecule has 0 N–H and O–H groups in total. The van der Waals surface area contributed by atoms with E-state index in [2.05, 4.69) is 27.0 Å². The number of ether oxygens (including phenoxy) is 6. The SMILES string of the molecule is C=C[C@H](C)[C@H]1O[C@H]2CCCO[C@@H]2C[C@@H]1O[C@@H]1CC2O[C@H](c3ccccc3)OC[C@@]2(C)O[C@@]1(C)C=C. The maximum Gasteiger partial charge on any atom is 0.184 e. The van der Waals surface area contributed by atoms with Gasteiger partial charge in [0.2, 0.25) is 0 Å². The fourth-order valence-electron chi connectivity index (χ4n) is 5.99. The van der Waals surface area contributed by atoms with Gasteiger partial charge in [-0.25, -0.2) is 0 Å². The molecule has 6 nitrogen and oxygen atoms in total. The number of rotatable bonds is 6.